The van der Waals surface area contributed by atoms with Crippen molar-refractivity contribution < 1.29 is 9.18 Å². The lowest BCUT2D eigenvalue weighted by Crippen LogP contribution is -2.52. The minimum atomic E-state index is -0.501. The molecule has 0 radical (unpaired) electrons. The molecule has 1 aromatic rings. The molecule has 1 aliphatic rings. The fourth-order valence-corrected chi connectivity index (χ4v) is 2.59. The summed E-state index contributed by atoms with van der Waals surface area (Å²) in [6.45, 7) is 2.85. The molecular weight excluding hydrogens is 245 g/mol. The first-order valence-corrected chi connectivity index (χ1v) is 6.54. The Kier molecular flexibility index (Phi) is 4.04. The Labute approximate surface area is 113 Å². The maximum absolute atomic E-state index is 14.0. The number of anilines is 1. The van der Waals surface area contributed by atoms with Crippen molar-refractivity contribution in [3.63, 3.8) is 0 Å². The summed E-state index contributed by atoms with van der Waals surface area (Å²) in [5, 5.41) is 0. The van der Waals surface area contributed by atoms with Gasteiger partial charge in [-0.15, -0.1) is 0 Å². The molecule has 104 valence electrons. The highest BCUT2D eigenvalue weighted by Crippen LogP contribution is 2.27. The summed E-state index contributed by atoms with van der Waals surface area (Å²) in [5.74, 6) is -0.361. The van der Waals surface area contributed by atoms with Gasteiger partial charge < -0.3 is 15.5 Å². The quantitative estimate of drug-likeness (QED) is 0.874. The first-order valence-electron chi connectivity index (χ1n) is 6.54. The van der Waals surface area contributed by atoms with Crippen molar-refractivity contribution in [3.8, 4) is 0 Å². The number of benzene rings is 1. The van der Waals surface area contributed by atoms with E-state index in [9.17, 15) is 9.18 Å². The second-order valence-electron chi connectivity index (χ2n) is 5.01. The van der Waals surface area contributed by atoms with E-state index in [1.165, 1.54) is 6.07 Å². The zero-order valence-electron chi connectivity index (χ0n) is 11.3. The molecular formula is C14H20FN3O. The molecule has 1 amide bonds. The van der Waals surface area contributed by atoms with Crippen LogP contribution in [0.25, 0.3) is 0 Å². The molecule has 2 N–H and O–H groups in total. The van der Waals surface area contributed by atoms with Crippen LogP contribution < -0.4 is 10.6 Å². The van der Waals surface area contributed by atoms with Gasteiger partial charge in [0.25, 0.3) is 0 Å². The van der Waals surface area contributed by atoms with Crippen molar-refractivity contribution in [2.45, 2.75) is 25.4 Å². The van der Waals surface area contributed by atoms with Gasteiger partial charge in [0.15, 0.2) is 0 Å². The van der Waals surface area contributed by atoms with Gasteiger partial charge in [0.05, 0.1) is 5.69 Å². The maximum Gasteiger partial charge on any atom is 0.246 e. The predicted molar refractivity (Wildman–Crippen MR) is 73.4 cm³/mol. The van der Waals surface area contributed by atoms with Crippen LogP contribution in [-0.2, 0) is 4.79 Å². The van der Waals surface area contributed by atoms with Gasteiger partial charge in [-0.1, -0.05) is 12.1 Å². The molecule has 4 nitrogen and oxygen atoms in total. The monoisotopic (exact) mass is 265 g/mol. The number of halogens is 1. The molecule has 1 aromatic carbocycles. The number of hydrogen-bond acceptors (Lipinski definition) is 3. The summed E-state index contributed by atoms with van der Waals surface area (Å²) in [7, 11) is 1.77. The lowest BCUT2D eigenvalue weighted by molar-refractivity contribution is -0.130. The van der Waals surface area contributed by atoms with E-state index in [1.54, 1.807) is 30.1 Å². The van der Waals surface area contributed by atoms with Crippen molar-refractivity contribution in [3.05, 3.63) is 30.1 Å². The molecule has 5 heteroatoms. The van der Waals surface area contributed by atoms with Gasteiger partial charge in [0.2, 0.25) is 5.91 Å². The van der Waals surface area contributed by atoms with Crippen LogP contribution in [0.4, 0.5) is 10.1 Å². The van der Waals surface area contributed by atoms with Crippen LogP contribution in [0.5, 0.6) is 0 Å². The summed E-state index contributed by atoms with van der Waals surface area (Å²) < 4.78 is 14.0. The van der Waals surface area contributed by atoms with Gasteiger partial charge in [-0.2, -0.15) is 0 Å². The lowest BCUT2D eigenvalue weighted by Gasteiger charge is -2.35. The molecule has 1 saturated heterocycles. The normalized spacial score (nSPS) is 24.5. The highest BCUT2D eigenvalue weighted by Gasteiger charge is 2.34. The second kappa shape index (κ2) is 5.57. The van der Waals surface area contributed by atoms with E-state index >= 15 is 0 Å². The smallest absolute Gasteiger partial charge is 0.246 e. The fourth-order valence-electron chi connectivity index (χ4n) is 2.59. The average molecular weight is 265 g/mol. The number of rotatable bonds is 2. The summed E-state index contributed by atoms with van der Waals surface area (Å²) in [6.07, 6.45) is 0.799. The highest BCUT2D eigenvalue weighted by atomic mass is 19.1. The van der Waals surface area contributed by atoms with Crippen molar-refractivity contribution in [1.29, 1.82) is 0 Å². The summed E-state index contributed by atoms with van der Waals surface area (Å²) in [4.78, 5) is 15.8. The van der Waals surface area contributed by atoms with Gasteiger partial charge in [0.1, 0.15) is 11.9 Å². The standard InChI is InChI=1S/C14H20FN3O/c1-10-7-8-17(2)14(19)13(9-16)18(10)12-6-4-3-5-11(12)15/h3-6,10,13H,7-9,16H2,1-2H3. The Bertz CT molecular complexity index is 466. The van der Waals surface area contributed by atoms with E-state index in [0.29, 0.717) is 12.2 Å². The van der Waals surface area contributed by atoms with Crippen LogP contribution in [0.3, 0.4) is 0 Å². The van der Waals surface area contributed by atoms with Gasteiger partial charge in [-0.05, 0) is 25.5 Å². The zero-order valence-corrected chi connectivity index (χ0v) is 11.3. The van der Waals surface area contributed by atoms with Gasteiger partial charge >= 0.3 is 0 Å². The van der Waals surface area contributed by atoms with Crippen LogP contribution in [-0.4, -0.2) is 43.0 Å². The molecule has 1 aliphatic heterocycles. The lowest BCUT2D eigenvalue weighted by atomic mass is 10.1. The molecule has 0 bridgehead atoms. The number of likely N-dealkylation sites (N-methyl/N-ethyl adjacent to an activating group) is 1. The van der Waals surface area contributed by atoms with E-state index in [1.807, 2.05) is 11.8 Å². The first-order chi connectivity index (χ1) is 9.06. The Morgan fingerprint density at radius 2 is 2.11 bits per heavy atom. The molecule has 1 fully saturated rings. The van der Waals surface area contributed by atoms with Crippen LogP contribution in [0.2, 0.25) is 0 Å². The van der Waals surface area contributed by atoms with Gasteiger partial charge in [0, 0.05) is 26.2 Å². The summed E-state index contributed by atoms with van der Waals surface area (Å²) in [6, 6.07) is 6.10. The second-order valence-corrected chi connectivity index (χ2v) is 5.01. The van der Waals surface area contributed by atoms with Crippen molar-refractivity contribution >= 4 is 11.6 Å². The molecule has 2 atom stereocenters. The van der Waals surface area contributed by atoms with Crippen LogP contribution in [0.1, 0.15) is 13.3 Å². The Hall–Kier alpha value is -1.62. The van der Waals surface area contributed by atoms with Crippen LogP contribution in [0.15, 0.2) is 24.3 Å². The molecule has 0 spiro atoms. The number of amides is 1. The fraction of sp³-hybridized carbons (Fsp3) is 0.500. The van der Waals surface area contributed by atoms with Crippen molar-refractivity contribution in [2.75, 3.05) is 25.0 Å². The number of nitrogens with two attached hydrogens (primary N) is 1. The van der Waals surface area contributed by atoms with E-state index in [-0.39, 0.29) is 24.3 Å². The largest absolute Gasteiger partial charge is 0.353 e. The SMILES string of the molecule is CC1CCN(C)C(=O)C(CN)N1c1ccccc1F. The van der Waals surface area contributed by atoms with Gasteiger partial charge in [-0.25, -0.2) is 4.39 Å². The molecule has 1 heterocycles. The molecule has 0 aromatic heterocycles. The zero-order chi connectivity index (χ0) is 14.0. The van der Waals surface area contributed by atoms with E-state index < -0.39 is 6.04 Å². The predicted octanol–water partition coefficient (Wildman–Crippen LogP) is 1.21. The van der Waals surface area contributed by atoms with Crippen molar-refractivity contribution in [1.82, 2.24) is 4.90 Å². The number of carbonyl (C=O) groups excluding carboxylic acids is 1. The maximum atomic E-state index is 14.0. The highest BCUT2D eigenvalue weighted by molar-refractivity contribution is 5.86. The summed E-state index contributed by atoms with van der Waals surface area (Å²) in [5.41, 5.74) is 6.21. The molecule has 19 heavy (non-hydrogen) atoms. The third kappa shape index (κ3) is 2.56. The van der Waals surface area contributed by atoms with Crippen LogP contribution in [0, 0.1) is 5.82 Å². The topological polar surface area (TPSA) is 49.6 Å². The van der Waals surface area contributed by atoms with Gasteiger partial charge in [-0.3, -0.25) is 4.79 Å². The minimum absolute atomic E-state index is 0.0462. The average Bonchev–Trinajstić information content (AvgIpc) is 2.51. The summed E-state index contributed by atoms with van der Waals surface area (Å²) >= 11 is 0. The molecule has 2 rings (SSSR count). The number of hydrogen-bond donors (Lipinski definition) is 1. The Morgan fingerprint density at radius 3 is 2.74 bits per heavy atom. The molecule has 0 aliphatic carbocycles. The number of carbonyl (C=O) groups is 1. The third-order valence-electron chi connectivity index (χ3n) is 3.71. The number of nitrogens with zero attached hydrogens (tertiary/aromatic N) is 2. The Balaban J connectivity index is 2.44. The van der Waals surface area contributed by atoms with E-state index in [2.05, 4.69) is 0 Å². The Morgan fingerprint density at radius 1 is 1.42 bits per heavy atom. The third-order valence-corrected chi connectivity index (χ3v) is 3.71. The van der Waals surface area contributed by atoms with Crippen LogP contribution >= 0.6 is 0 Å². The van der Waals surface area contributed by atoms with E-state index in [4.69, 9.17) is 5.73 Å². The minimum Gasteiger partial charge on any atom is -0.353 e. The molecule has 2 unspecified atom stereocenters. The van der Waals surface area contributed by atoms with E-state index in [0.717, 1.165) is 6.42 Å². The first kappa shape index (κ1) is 13.8. The molecule has 0 saturated carbocycles. The number of para-hydroxylation sites is 1. The van der Waals surface area contributed by atoms with Crippen molar-refractivity contribution in [2.24, 2.45) is 5.73 Å².